The van der Waals surface area contributed by atoms with Crippen molar-refractivity contribution in [3.05, 3.63) is 29.6 Å². The van der Waals surface area contributed by atoms with Crippen molar-refractivity contribution in [3.8, 4) is 0 Å². The molecule has 0 unspecified atom stereocenters. The summed E-state index contributed by atoms with van der Waals surface area (Å²) in [6.45, 7) is 5.62. The van der Waals surface area contributed by atoms with Crippen molar-refractivity contribution in [1.82, 2.24) is 15.3 Å². The lowest BCUT2D eigenvalue weighted by molar-refractivity contribution is 0.469. The fourth-order valence-corrected chi connectivity index (χ4v) is 1.63. The summed E-state index contributed by atoms with van der Waals surface area (Å²) in [6, 6.07) is 6.00. The molecular weight excluding hydrogens is 226 g/mol. The summed E-state index contributed by atoms with van der Waals surface area (Å²) >= 11 is 0. The van der Waals surface area contributed by atoms with Gasteiger partial charge >= 0.3 is 0 Å². The van der Waals surface area contributed by atoms with Gasteiger partial charge in [-0.3, -0.25) is 15.4 Å². The summed E-state index contributed by atoms with van der Waals surface area (Å²) in [5.41, 5.74) is 4.67. The van der Waals surface area contributed by atoms with Crippen molar-refractivity contribution < 1.29 is 0 Å². The number of aliphatic imine (C=N–C) groups is 1. The number of unbranched alkanes of at least 4 members (excludes halogenated alkanes) is 1. The summed E-state index contributed by atoms with van der Waals surface area (Å²) in [5, 5.41) is 0. The molecule has 0 radical (unpaired) electrons. The van der Waals surface area contributed by atoms with Crippen LogP contribution in [0.3, 0.4) is 0 Å². The topological polar surface area (TPSA) is 66.5 Å². The number of aromatic nitrogens is 1. The Balaban J connectivity index is 2.61. The van der Waals surface area contributed by atoms with Crippen LogP contribution in [0.2, 0.25) is 0 Å². The molecule has 0 aromatic carbocycles. The van der Waals surface area contributed by atoms with Crippen molar-refractivity contribution in [2.45, 2.75) is 33.2 Å². The van der Waals surface area contributed by atoms with Crippen molar-refractivity contribution in [2.24, 2.45) is 10.8 Å². The first-order valence-corrected chi connectivity index (χ1v) is 6.32. The van der Waals surface area contributed by atoms with Gasteiger partial charge in [-0.1, -0.05) is 19.4 Å². The Bertz CT molecular complexity index is 389. The first kappa shape index (κ1) is 14.4. The zero-order valence-electron chi connectivity index (χ0n) is 11.5. The molecule has 0 aliphatic heterocycles. The van der Waals surface area contributed by atoms with Gasteiger partial charge in [-0.2, -0.15) is 0 Å². The van der Waals surface area contributed by atoms with Gasteiger partial charge in [0.05, 0.1) is 12.2 Å². The zero-order valence-corrected chi connectivity index (χ0v) is 11.5. The highest BCUT2D eigenvalue weighted by atomic mass is 15.4. The molecule has 18 heavy (non-hydrogen) atoms. The molecule has 0 atom stereocenters. The van der Waals surface area contributed by atoms with E-state index in [-0.39, 0.29) is 0 Å². The minimum Gasteiger partial charge on any atom is -0.339 e. The van der Waals surface area contributed by atoms with Crippen LogP contribution in [0.4, 0.5) is 0 Å². The van der Waals surface area contributed by atoms with Crippen LogP contribution in [0.1, 0.15) is 31.2 Å². The SMILES string of the molecule is CCCCN=C(NN)N(C)Cc1cccc(C)n1. The number of rotatable bonds is 5. The number of hydrogen-bond donors (Lipinski definition) is 2. The van der Waals surface area contributed by atoms with Gasteiger partial charge < -0.3 is 4.90 Å². The Morgan fingerprint density at radius 1 is 1.50 bits per heavy atom. The molecule has 0 fully saturated rings. The normalized spacial score (nSPS) is 11.4. The molecule has 0 spiro atoms. The van der Waals surface area contributed by atoms with Gasteiger partial charge in [0.25, 0.3) is 0 Å². The quantitative estimate of drug-likeness (QED) is 0.272. The van der Waals surface area contributed by atoms with Crippen LogP contribution in [0, 0.1) is 6.92 Å². The van der Waals surface area contributed by atoms with Gasteiger partial charge in [-0.25, -0.2) is 5.84 Å². The van der Waals surface area contributed by atoms with Gasteiger partial charge in [0.1, 0.15) is 0 Å². The molecular formula is C13H23N5. The Morgan fingerprint density at radius 3 is 2.89 bits per heavy atom. The van der Waals surface area contributed by atoms with Crippen LogP contribution < -0.4 is 11.3 Å². The third kappa shape index (κ3) is 4.71. The van der Waals surface area contributed by atoms with Crippen molar-refractivity contribution >= 4 is 5.96 Å². The second-order valence-corrected chi connectivity index (χ2v) is 4.33. The molecule has 0 aliphatic rings. The van der Waals surface area contributed by atoms with E-state index in [1.54, 1.807) is 0 Å². The van der Waals surface area contributed by atoms with Crippen LogP contribution in [0.5, 0.6) is 0 Å². The van der Waals surface area contributed by atoms with E-state index in [0.29, 0.717) is 12.5 Å². The highest BCUT2D eigenvalue weighted by Gasteiger charge is 2.06. The van der Waals surface area contributed by atoms with E-state index in [4.69, 9.17) is 5.84 Å². The second kappa shape index (κ2) is 7.66. The lowest BCUT2D eigenvalue weighted by Gasteiger charge is -2.20. The van der Waals surface area contributed by atoms with Gasteiger partial charge in [-0.05, 0) is 25.5 Å². The van der Waals surface area contributed by atoms with E-state index >= 15 is 0 Å². The Labute approximate surface area is 109 Å². The van der Waals surface area contributed by atoms with Gasteiger partial charge in [-0.15, -0.1) is 0 Å². The van der Waals surface area contributed by atoms with E-state index in [2.05, 4.69) is 22.3 Å². The first-order valence-electron chi connectivity index (χ1n) is 6.32. The molecule has 0 bridgehead atoms. The molecule has 0 saturated heterocycles. The molecule has 1 aromatic rings. The summed E-state index contributed by atoms with van der Waals surface area (Å²) in [4.78, 5) is 10.9. The summed E-state index contributed by atoms with van der Waals surface area (Å²) in [6.07, 6.45) is 2.20. The molecule has 100 valence electrons. The monoisotopic (exact) mass is 249 g/mol. The van der Waals surface area contributed by atoms with E-state index in [1.165, 1.54) is 0 Å². The molecule has 3 N–H and O–H groups in total. The number of nitrogens with zero attached hydrogens (tertiary/aromatic N) is 3. The minimum atomic E-state index is 0.691. The number of pyridine rings is 1. The lowest BCUT2D eigenvalue weighted by atomic mass is 10.3. The molecule has 0 saturated carbocycles. The van der Waals surface area contributed by atoms with Crippen molar-refractivity contribution in [1.29, 1.82) is 0 Å². The van der Waals surface area contributed by atoms with Crippen LogP contribution in [-0.4, -0.2) is 29.4 Å². The zero-order chi connectivity index (χ0) is 13.4. The number of nitrogens with one attached hydrogen (secondary N) is 1. The number of aryl methyl sites for hydroxylation is 1. The highest BCUT2D eigenvalue weighted by molar-refractivity contribution is 5.79. The molecule has 0 aliphatic carbocycles. The van der Waals surface area contributed by atoms with E-state index < -0.39 is 0 Å². The second-order valence-electron chi connectivity index (χ2n) is 4.33. The molecule has 1 heterocycles. The maximum Gasteiger partial charge on any atom is 0.208 e. The number of guanidine groups is 1. The fraction of sp³-hybridized carbons (Fsp3) is 0.538. The molecule has 0 amide bonds. The van der Waals surface area contributed by atoms with Crippen LogP contribution in [0.25, 0.3) is 0 Å². The van der Waals surface area contributed by atoms with E-state index in [0.717, 1.165) is 30.8 Å². The van der Waals surface area contributed by atoms with E-state index in [9.17, 15) is 0 Å². The Hall–Kier alpha value is -1.62. The largest absolute Gasteiger partial charge is 0.339 e. The van der Waals surface area contributed by atoms with Gasteiger partial charge in [0, 0.05) is 19.3 Å². The lowest BCUT2D eigenvalue weighted by Crippen LogP contribution is -2.42. The van der Waals surface area contributed by atoms with Gasteiger partial charge in [0.15, 0.2) is 0 Å². The molecule has 1 aromatic heterocycles. The van der Waals surface area contributed by atoms with Gasteiger partial charge in [0.2, 0.25) is 5.96 Å². The number of hydrogen-bond acceptors (Lipinski definition) is 3. The standard InChI is InChI=1S/C13H23N5/c1-4-5-9-15-13(17-14)18(3)10-12-8-6-7-11(2)16-12/h6-8H,4-5,9-10,14H2,1-3H3,(H,15,17). The summed E-state index contributed by atoms with van der Waals surface area (Å²) in [7, 11) is 1.95. The molecule has 5 nitrogen and oxygen atoms in total. The molecule has 1 rings (SSSR count). The van der Waals surface area contributed by atoms with Crippen LogP contribution in [0.15, 0.2) is 23.2 Å². The minimum absolute atomic E-state index is 0.691. The number of nitrogens with two attached hydrogens (primary N) is 1. The summed E-state index contributed by atoms with van der Waals surface area (Å²) in [5.74, 6) is 6.20. The predicted molar refractivity (Wildman–Crippen MR) is 75.0 cm³/mol. The maximum absolute atomic E-state index is 5.50. The Morgan fingerprint density at radius 2 is 2.28 bits per heavy atom. The average Bonchev–Trinajstić information content (AvgIpc) is 2.34. The van der Waals surface area contributed by atoms with Crippen LogP contribution in [-0.2, 0) is 6.54 Å². The third-order valence-electron chi connectivity index (χ3n) is 2.61. The smallest absolute Gasteiger partial charge is 0.208 e. The number of hydrazine groups is 1. The summed E-state index contributed by atoms with van der Waals surface area (Å²) < 4.78 is 0. The fourth-order valence-electron chi connectivity index (χ4n) is 1.63. The maximum atomic E-state index is 5.50. The van der Waals surface area contributed by atoms with E-state index in [1.807, 2.05) is 37.1 Å². The average molecular weight is 249 g/mol. The van der Waals surface area contributed by atoms with Crippen molar-refractivity contribution in [2.75, 3.05) is 13.6 Å². The first-order chi connectivity index (χ1) is 8.67. The predicted octanol–water partition coefficient (Wildman–Crippen LogP) is 1.44. The highest BCUT2D eigenvalue weighted by Crippen LogP contribution is 2.02. The van der Waals surface area contributed by atoms with Crippen LogP contribution >= 0.6 is 0 Å². The molecule has 5 heteroatoms. The third-order valence-corrected chi connectivity index (χ3v) is 2.61. The Kier molecular flexibility index (Phi) is 6.14. The van der Waals surface area contributed by atoms with Crippen molar-refractivity contribution in [3.63, 3.8) is 0 Å².